The molecule has 1 unspecified atom stereocenters. The Hall–Kier alpha value is -2.79. The second kappa shape index (κ2) is 6.32. The molecule has 1 aromatic heterocycles. The largest absolute Gasteiger partial charge is 0.497 e. The summed E-state index contributed by atoms with van der Waals surface area (Å²) in [4.78, 5) is 2.90. The van der Waals surface area contributed by atoms with Crippen molar-refractivity contribution in [2.24, 2.45) is 5.11 Å². The van der Waals surface area contributed by atoms with Gasteiger partial charge in [0.15, 0.2) is 0 Å². The van der Waals surface area contributed by atoms with E-state index in [0.29, 0.717) is 0 Å². The van der Waals surface area contributed by atoms with Crippen molar-refractivity contribution in [3.05, 3.63) is 46.5 Å². The number of benzene rings is 1. The number of hydrogen-bond acceptors (Lipinski definition) is 4. The Kier molecular flexibility index (Phi) is 4.07. The van der Waals surface area contributed by atoms with Gasteiger partial charge >= 0.3 is 0 Å². The molecule has 1 aromatic carbocycles. The number of aromatic amines is 1. The van der Waals surface area contributed by atoms with Gasteiger partial charge in [-0.15, -0.1) is 0 Å². The van der Waals surface area contributed by atoms with E-state index in [0.717, 1.165) is 47.5 Å². The van der Waals surface area contributed by atoms with Crippen LogP contribution in [0.2, 0.25) is 0 Å². The number of H-pyrrole nitrogens is 1. The highest BCUT2D eigenvalue weighted by atomic mass is 16.5. The summed E-state index contributed by atoms with van der Waals surface area (Å²) in [5.41, 5.74) is 12.3. The molecule has 0 bridgehead atoms. The fraction of sp³-hybridized carbons (Fsp3) is 0.333. The predicted octanol–water partition coefficient (Wildman–Crippen LogP) is 3.73. The van der Waals surface area contributed by atoms with E-state index >= 15 is 0 Å². The molecular formula is C15H16N6O. The molecule has 7 heteroatoms. The maximum Gasteiger partial charge on any atom is 0.120 e. The minimum Gasteiger partial charge on any atom is -0.497 e. The molecule has 0 aliphatic heterocycles. The molecule has 3 rings (SSSR count). The van der Waals surface area contributed by atoms with Crippen molar-refractivity contribution in [1.82, 2.24) is 15.4 Å². The average molecular weight is 296 g/mol. The Balaban J connectivity index is 1.96. The van der Waals surface area contributed by atoms with E-state index < -0.39 is 0 Å². The summed E-state index contributed by atoms with van der Waals surface area (Å²) >= 11 is 0. The summed E-state index contributed by atoms with van der Waals surface area (Å²) in [6, 6.07) is 7.59. The van der Waals surface area contributed by atoms with Gasteiger partial charge in [-0.1, -0.05) is 11.2 Å². The molecule has 1 heterocycles. The van der Waals surface area contributed by atoms with Crippen LogP contribution in [0.5, 0.6) is 5.75 Å². The van der Waals surface area contributed by atoms with Gasteiger partial charge in [0.1, 0.15) is 17.1 Å². The van der Waals surface area contributed by atoms with Crippen LogP contribution in [0.3, 0.4) is 0 Å². The lowest BCUT2D eigenvalue weighted by Crippen LogP contribution is -2.07. The maximum atomic E-state index is 8.60. The molecule has 2 aromatic rings. The molecule has 0 fully saturated rings. The molecule has 1 N–H and O–H groups in total. The molecule has 0 spiro atoms. The zero-order valence-electron chi connectivity index (χ0n) is 12.2. The number of nitrogens with zero attached hydrogens (tertiary/aromatic N) is 5. The van der Waals surface area contributed by atoms with Crippen LogP contribution < -0.4 is 4.74 Å². The first-order valence-corrected chi connectivity index (χ1v) is 7.12. The topological polar surface area (TPSA) is 99.6 Å². The van der Waals surface area contributed by atoms with Crippen molar-refractivity contribution >= 4 is 5.57 Å². The summed E-state index contributed by atoms with van der Waals surface area (Å²) < 4.78 is 5.17. The van der Waals surface area contributed by atoms with Gasteiger partial charge in [-0.05, 0) is 54.6 Å². The summed E-state index contributed by atoms with van der Waals surface area (Å²) in [6.45, 7) is 0. The average Bonchev–Trinajstić information content (AvgIpc) is 3.05. The molecule has 1 aliphatic rings. The van der Waals surface area contributed by atoms with E-state index in [1.165, 1.54) is 0 Å². The lowest BCUT2D eigenvalue weighted by atomic mass is 9.92. The molecule has 1 aliphatic carbocycles. The van der Waals surface area contributed by atoms with Gasteiger partial charge in [0.25, 0.3) is 0 Å². The highest BCUT2D eigenvalue weighted by molar-refractivity contribution is 5.77. The first kappa shape index (κ1) is 14.2. The van der Waals surface area contributed by atoms with E-state index in [9.17, 15) is 0 Å². The van der Waals surface area contributed by atoms with Gasteiger partial charge in [0.05, 0.1) is 13.2 Å². The van der Waals surface area contributed by atoms with Gasteiger partial charge in [-0.3, -0.25) is 0 Å². The fourth-order valence-corrected chi connectivity index (χ4v) is 2.66. The SMILES string of the molecule is COc1ccc(-c2n[nH]nc2C2=CC(N=[N+]=[N-])CCC2)cc1. The number of nitrogens with one attached hydrogen (secondary N) is 1. The van der Waals surface area contributed by atoms with Crippen LogP contribution in [0.15, 0.2) is 35.5 Å². The monoisotopic (exact) mass is 296 g/mol. The van der Waals surface area contributed by atoms with E-state index in [4.69, 9.17) is 10.3 Å². The molecule has 0 radical (unpaired) electrons. The summed E-state index contributed by atoms with van der Waals surface area (Å²) in [5, 5.41) is 15.0. The predicted molar refractivity (Wildman–Crippen MR) is 83.1 cm³/mol. The van der Waals surface area contributed by atoms with Crippen molar-refractivity contribution in [3.8, 4) is 17.0 Å². The summed E-state index contributed by atoms with van der Waals surface area (Å²) in [7, 11) is 1.64. The Morgan fingerprint density at radius 1 is 1.27 bits per heavy atom. The highest BCUT2D eigenvalue weighted by Gasteiger charge is 2.19. The van der Waals surface area contributed by atoms with E-state index in [-0.39, 0.29) is 6.04 Å². The zero-order chi connectivity index (χ0) is 15.4. The van der Waals surface area contributed by atoms with E-state index in [1.807, 2.05) is 30.3 Å². The number of allylic oxidation sites excluding steroid dienone is 1. The van der Waals surface area contributed by atoms with Crippen LogP contribution in [0.1, 0.15) is 25.0 Å². The lowest BCUT2D eigenvalue weighted by Gasteiger charge is -2.16. The third-order valence-corrected chi connectivity index (χ3v) is 3.76. The standard InChI is InChI=1S/C15H16N6O/c1-22-13-7-5-10(6-8-13)14-15(19-21-18-14)11-3-2-4-12(9-11)17-20-16/h5-9,12H,2-4H2,1H3,(H,18,19,21). The lowest BCUT2D eigenvalue weighted by molar-refractivity contribution is 0.415. The Morgan fingerprint density at radius 2 is 2.05 bits per heavy atom. The second-order valence-corrected chi connectivity index (χ2v) is 5.11. The number of ether oxygens (including phenoxy) is 1. The molecule has 0 saturated carbocycles. The quantitative estimate of drug-likeness (QED) is 0.528. The third kappa shape index (κ3) is 2.80. The normalized spacial score (nSPS) is 17.5. The highest BCUT2D eigenvalue weighted by Crippen LogP contribution is 2.32. The first-order chi connectivity index (χ1) is 10.8. The van der Waals surface area contributed by atoms with Crippen LogP contribution in [0.25, 0.3) is 27.3 Å². The summed E-state index contributed by atoms with van der Waals surface area (Å²) in [5.74, 6) is 0.800. The Bertz CT molecular complexity index is 727. The summed E-state index contributed by atoms with van der Waals surface area (Å²) in [6.07, 6.45) is 4.76. The molecule has 7 nitrogen and oxygen atoms in total. The number of rotatable bonds is 4. The molecule has 1 atom stereocenters. The van der Waals surface area contributed by atoms with Crippen LogP contribution in [-0.2, 0) is 0 Å². The molecule has 112 valence electrons. The minimum absolute atomic E-state index is 0.103. The molecule has 0 saturated heterocycles. The van der Waals surface area contributed by atoms with Gasteiger partial charge in [-0.25, -0.2) is 0 Å². The van der Waals surface area contributed by atoms with E-state index in [2.05, 4.69) is 25.4 Å². The van der Waals surface area contributed by atoms with Gasteiger partial charge in [0.2, 0.25) is 0 Å². The van der Waals surface area contributed by atoms with E-state index in [1.54, 1.807) is 7.11 Å². The molecular weight excluding hydrogens is 280 g/mol. The number of hydrogen-bond donors (Lipinski definition) is 1. The van der Waals surface area contributed by atoms with Gasteiger partial charge in [-0.2, -0.15) is 15.4 Å². The first-order valence-electron chi connectivity index (χ1n) is 7.12. The zero-order valence-corrected chi connectivity index (χ0v) is 12.2. The number of methoxy groups -OCH3 is 1. The smallest absolute Gasteiger partial charge is 0.120 e. The Morgan fingerprint density at radius 3 is 2.77 bits per heavy atom. The van der Waals surface area contributed by atoms with Gasteiger partial charge in [0, 0.05) is 10.5 Å². The number of aromatic nitrogens is 3. The van der Waals surface area contributed by atoms with Crippen LogP contribution in [0.4, 0.5) is 0 Å². The molecule has 22 heavy (non-hydrogen) atoms. The van der Waals surface area contributed by atoms with Crippen LogP contribution >= 0.6 is 0 Å². The van der Waals surface area contributed by atoms with Crippen molar-refractivity contribution in [2.75, 3.05) is 7.11 Å². The van der Waals surface area contributed by atoms with Crippen molar-refractivity contribution < 1.29 is 4.74 Å². The third-order valence-electron chi connectivity index (χ3n) is 3.76. The van der Waals surface area contributed by atoms with Crippen LogP contribution in [-0.4, -0.2) is 28.6 Å². The van der Waals surface area contributed by atoms with Crippen molar-refractivity contribution in [1.29, 1.82) is 0 Å². The Labute approximate surface area is 127 Å². The van der Waals surface area contributed by atoms with Crippen LogP contribution in [0, 0.1) is 0 Å². The molecule has 0 amide bonds. The van der Waals surface area contributed by atoms with Crippen molar-refractivity contribution in [2.45, 2.75) is 25.3 Å². The van der Waals surface area contributed by atoms with Crippen molar-refractivity contribution in [3.63, 3.8) is 0 Å². The minimum atomic E-state index is -0.103. The number of azide groups is 1. The second-order valence-electron chi connectivity index (χ2n) is 5.11. The maximum absolute atomic E-state index is 8.60. The fourth-order valence-electron chi connectivity index (χ4n) is 2.66. The van der Waals surface area contributed by atoms with Gasteiger partial charge < -0.3 is 4.74 Å².